The molecule has 0 aromatic carbocycles. The molecule has 0 bridgehead atoms. The van der Waals surface area contributed by atoms with Gasteiger partial charge in [-0.1, -0.05) is 0 Å². The second-order valence-corrected chi connectivity index (χ2v) is 8.27. The molecule has 0 aliphatic carbocycles. The van der Waals surface area contributed by atoms with Gasteiger partial charge in [-0.3, -0.25) is 9.35 Å². The number of carboxylic acid groups (broad SMARTS) is 1. The molecule has 33 heavy (non-hydrogen) atoms. The number of hydrogen-bond acceptors (Lipinski definition) is 13. The molecule has 2 fully saturated rings. The third-order valence-corrected chi connectivity index (χ3v) is 5.48. The van der Waals surface area contributed by atoms with Crippen LogP contribution in [0.2, 0.25) is 0 Å². The van der Waals surface area contributed by atoms with Gasteiger partial charge in [-0.05, 0) is 0 Å². The van der Waals surface area contributed by atoms with Crippen molar-refractivity contribution in [1.82, 2.24) is 5.32 Å². The molecule has 6 N–H and O–H groups in total. The average molecular weight is 505 g/mol. The standard InChI is InChI=1S/C16H27NO15S/c1-5(19)17-7-11(10(32-33(24,25)26)6(4-18)29-15(7)28-3)30-16-9(21)8(20)12(27-2)13(31-16)14(22)23/h6-13,15-16,18,20-21H,4H2,1-3H3,(H,17,19)(H,22,23)(H,24,25,26)/t6?,7-,8-,9?,10?,11+,12-,13?,15?,16+/m0/s1. The summed E-state index contributed by atoms with van der Waals surface area (Å²) >= 11 is 0. The van der Waals surface area contributed by atoms with E-state index in [1.54, 1.807) is 0 Å². The van der Waals surface area contributed by atoms with Crippen molar-refractivity contribution < 1.29 is 70.9 Å². The molecule has 10 atom stereocenters. The fourth-order valence-electron chi connectivity index (χ4n) is 3.62. The van der Waals surface area contributed by atoms with Crippen molar-refractivity contribution in [2.75, 3.05) is 20.8 Å². The molecule has 0 saturated carbocycles. The highest BCUT2D eigenvalue weighted by molar-refractivity contribution is 7.80. The molecule has 5 unspecified atom stereocenters. The van der Waals surface area contributed by atoms with E-state index < -0.39 is 90.2 Å². The highest BCUT2D eigenvalue weighted by atomic mass is 32.3. The Labute approximate surface area is 188 Å². The fourth-order valence-corrected chi connectivity index (χ4v) is 4.14. The zero-order chi connectivity index (χ0) is 25.1. The van der Waals surface area contributed by atoms with Crippen LogP contribution in [0.15, 0.2) is 0 Å². The summed E-state index contributed by atoms with van der Waals surface area (Å²) in [5, 5.41) is 42.1. The van der Waals surface area contributed by atoms with Gasteiger partial charge in [0.15, 0.2) is 18.7 Å². The van der Waals surface area contributed by atoms with Gasteiger partial charge in [0.25, 0.3) is 0 Å². The second-order valence-electron chi connectivity index (χ2n) is 7.22. The first kappa shape index (κ1) is 27.7. The molecule has 17 heteroatoms. The Morgan fingerprint density at radius 3 is 2.09 bits per heavy atom. The number of aliphatic hydroxyl groups excluding tert-OH is 3. The molecule has 0 radical (unpaired) electrons. The molecule has 0 aromatic heterocycles. The number of carbonyl (C=O) groups excluding carboxylic acids is 1. The minimum absolute atomic E-state index is 0.666. The summed E-state index contributed by atoms with van der Waals surface area (Å²) < 4.78 is 62.8. The van der Waals surface area contributed by atoms with Crippen molar-refractivity contribution >= 4 is 22.3 Å². The lowest BCUT2D eigenvalue weighted by Crippen LogP contribution is -2.68. The number of nitrogens with one attached hydrogen (secondary N) is 1. The Morgan fingerprint density at radius 2 is 1.64 bits per heavy atom. The summed E-state index contributed by atoms with van der Waals surface area (Å²) in [7, 11) is -2.93. The Kier molecular flexibility index (Phi) is 9.48. The van der Waals surface area contributed by atoms with Crippen molar-refractivity contribution in [1.29, 1.82) is 0 Å². The molecular formula is C16H27NO15S. The fraction of sp³-hybridized carbons (Fsp3) is 0.875. The number of carboxylic acids is 1. The second kappa shape index (κ2) is 11.3. The minimum Gasteiger partial charge on any atom is -0.479 e. The number of ether oxygens (including phenoxy) is 5. The summed E-state index contributed by atoms with van der Waals surface area (Å²) in [6.45, 7) is 0.229. The number of aliphatic carboxylic acids is 1. The van der Waals surface area contributed by atoms with Crippen molar-refractivity contribution in [3.05, 3.63) is 0 Å². The number of rotatable bonds is 9. The highest BCUT2D eigenvalue weighted by Gasteiger charge is 2.54. The Balaban J connectivity index is 2.47. The number of aliphatic hydroxyl groups is 3. The molecule has 192 valence electrons. The van der Waals surface area contributed by atoms with Gasteiger partial charge in [-0.25, -0.2) is 8.98 Å². The topological polar surface area (TPSA) is 237 Å². The molecule has 1 amide bonds. The van der Waals surface area contributed by atoms with Crippen LogP contribution in [0.1, 0.15) is 6.92 Å². The van der Waals surface area contributed by atoms with Crippen LogP contribution in [0.25, 0.3) is 0 Å². The van der Waals surface area contributed by atoms with Crippen LogP contribution >= 0.6 is 0 Å². The predicted molar refractivity (Wildman–Crippen MR) is 101 cm³/mol. The number of methoxy groups -OCH3 is 2. The molecule has 2 aliphatic rings. The van der Waals surface area contributed by atoms with Crippen molar-refractivity contribution in [3.63, 3.8) is 0 Å². The first-order valence-corrected chi connectivity index (χ1v) is 10.9. The maximum absolute atomic E-state index is 11.7. The zero-order valence-corrected chi connectivity index (χ0v) is 18.5. The number of amides is 1. The maximum Gasteiger partial charge on any atom is 0.397 e. The van der Waals surface area contributed by atoms with E-state index in [1.165, 1.54) is 0 Å². The summed E-state index contributed by atoms with van der Waals surface area (Å²) in [4.78, 5) is 23.3. The molecule has 16 nitrogen and oxygen atoms in total. The van der Waals surface area contributed by atoms with E-state index in [4.69, 9.17) is 23.7 Å². The lowest BCUT2D eigenvalue weighted by atomic mass is 9.95. The van der Waals surface area contributed by atoms with Crippen molar-refractivity contribution in [3.8, 4) is 0 Å². The average Bonchev–Trinajstić information content (AvgIpc) is 2.71. The van der Waals surface area contributed by atoms with Gasteiger partial charge in [-0.2, -0.15) is 8.42 Å². The molecule has 2 rings (SSSR count). The summed E-state index contributed by atoms with van der Waals surface area (Å²) in [6.07, 6.45) is -15.3. The van der Waals surface area contributed by atoms with Crippen LogP contribution in [-0.4, -0.2) is 127 Å². The molecule has 0 spiro atoms. The monoisotopic (exact) mass is 505 g/mol. The molecule has 2 saturated heterocycles. The lowest BCUT2D eigenvalue weighted by molar-refractivity contribution is -0.337. The lowest BCUT2D eigenvalue weighted by Gasteiger charge is -2.47. The van der Waals surface area contributed by atoms with Crippen molar-refractivity contribution in [2.45, 2.75) is 68.3 Å². The van der Waals surface area contributed by atoms with E-state index in [9.17, 15) is 43.0 Å². The smallest absolute Gasteiger partial charge is 0.397 e. The van der Waals surface area contributed by atoms with Crippen molar-refractivity contribution in [2.24, 2.45) is 0 Å². The van der Waals surface area contributed by atoms with Crippen LogP contribution in [0.5, 0.6) is 0 Å². The Bertz CT molecular complexity index is 793. The number of carbonyl (C=O) groups is 2. The minimum atomic E-state index is -5.17. The van der Waals surface area contributed by atoms with Gasteiger partial charge < -0.3 is 49.4 Å². The van der Waals surface area contributed by atoms with Crippen LogP contribution in [0, 0.1) is 0 Å². The van der Waals surface area contributed by atoms with Crippen LogP contribution in [-0.2, 0) is 47.9 Å². The van der Waals surface area contributed by atoms with Gasteiger partial charge in [-0.15, -0.1) is 0 Å². The normalized spacial score (nSPS) is 39.7. The van der Waals surface area contributed by atoms with E-state index in [-0.39, 0.29) is 0 Å². The van der Waals surface area contributed by atoms with E-state index in [2.05, 4.69) is 9.50 Å². The predicted octanol–water partition coefficient (Wildman–Crippen LogP) is -4.03. The van der Waals surface area contributed by atoms with E-state index in [0.29, 0.717) is 0 Å². The summed E-state index contributed by atoms with van der Waals surface area (Å²) in [5.74, 6) is -2.24. The van der Waals surface area contributed by atoms with Crippen LogP contribution in [0.3, 0.4) is 0 Å². The number of hydrogen-bond donors (Lipinski definition) is 6. The van der Waals surface area contributed by atoms with Gasteiger partial charge in [0, 0.05) is 21.1 Å². The quantitative estimate of drug-likeness (QED) is 0.164. The summed E-state index contributed by atoms with van der Waals surface area (Å²) in [6, 6.07) is -1.38. The van der Waals surface area contributed by atoms with Gasteiger partial charge in [0.1, 0.15) is 42.7 Å². The molecular weight excluding hydrogens is 478 g/mol. The van der Waals surface area contributed by atoms with Crippen LogP contribution in [0.4, 0.5) is 0 Å². The zero-order valence-electron chi connectivity index (χ0n) is 17.7. The Hall–Kier alpha value is -1.51. The first-order chi connectivity index (χ1) is 15.3. The maximum atomic E-state index is 11.7. The first-order valence-electron chi connectivity index (χ1n) is 9.49. The SMILES string of the molecule is COC1OC(CO)C(OS(=O)(=O)O)[C@H](O[C@@H]2OC(C(=O)O)[C@@H](OC)[C@@H](O)C2O)[C@@H]1NC(C)=O. The third kappa shape index (κ3) is 6.55. The summed E-state index contributed by atoms with van der Waals surface area (Å²) in [5.41, 5.74) is 0. The molecule has 2 heterocycles. The molecule has 0 aromatic rings. The van der Waals surface area contributed by atoms with Gasteiger partial charge in [0.05, 0.1) is 6.61 Å². The van der Waals surface area contributed by atoms with Gasteiger partial charge >= 0.3 is 16.4 Å². The van der Waals surface area contributed by atoms with E-state index >= 15 is 0 Å². The Morgan fingerprint density at radius 1 is 1.00 bits per heavy atom. The third-order valence-electron chi connectivity index (χ3n) is 5.01. The largest absolute Gasteiger partial charge is 0.479 e. The van der Waals surface area contributed by atoms with Crippen LogP contribution < -0.4 is 5.32 Å². The molecule has 2 aliphatic heterocycles. The highest BCUT2D eigenvalue weighted by Crippen LogP contribution is 2.32. The van der Waals surface area contributed by atoms with E-state index in [0.717, 1.165) is 21.1 Å². The van der Waals surface area contributed by atoms with Gasteiger partial charge in [0.2, 0.25) is 5.91 Å². The van der Waals surface area contributed by atoms with E-state index in [1.807, 2.05) is 0 Å².